The molecule has 0 aliphatic carbocycles. The first kappa shape index (κ1) is 19.1. The summed E-state index contributed by atoms with van der Waals surface area (Å²) in [6.07, 6.45) is 0.687. The molecular formula is C25H24N2O2S. The van der Waals surface area contributed by atoms with Gasteiger partial charge < -0.3 is 4.98 Å². The molecule has 1 aliphatic heterocycles. The van der Waals surface area contributed by atoms with E-state index in [0.717, 1.165) is 27.9 Å². The maximum Gasteiger partial charge on any atom is 0.244 e. The van der Waals surface area contributed by atoms with Crippen LogP contribution in [-0.4, -0.2) is 24.3 Å². The molecule has 0 spiro atoms. The van der Waals surface area contributed by atoms with Crippen molar-refractivity contribution in [3.8, 4) is 0 Å². The monoisotopic (exact) mass is 416 g/mol. The van der Waals surface area contributed by atoms with Gasteiger partial charge in [0.2, 0.25) is 10.0 Å². The summed E-state index contributed by atoms with van der Waals surface area (Å²) in [5.74, 6) is 0. The van der Waals surface area contributed by atoms with Crippen molar-refractivity contribution in [2.45, 2.75) is 31.2 Å². The van der Waals surface area contributed by atoms with Crippen LogP contribution in [0.5, 0.6) is 0 Å². The van der Waals surface area contributed by atoms with Crippen LogP contribution in [-0.2, 0) is 16.4 Å². The fourth-order valence-corrected chi connectivity index (χ4v) is 6.16. The lowest BCUT2D eigenvalue weighted by Gasteiger charge is -2.35. The van der Waals surface area contributed by atoms with E-state index in [1.807, 2.05) is 56.3 Å². The van der Waals surface area contributed by atoms with Gasteiger partial charge in [0.25, 0.3) is 0 Å². The van der Waals surface area contributed by atoms with Gasteiger partial charge >= 0.3 is 0 Å². The van der Waals surface area contributed by atoms with Crippen LogP contribution in [0.2, 0.25) is 0 Å². The molecule has 1 N–H and O–H groups in total. The Bertz CT molecular complexity index is 1340. The molecule has 2 heterocycles. The number of benzene rings is 3. The largest absolute Gasteiger partial charge is 0.357 e. The molecule has 1 atom stereocenters. The van der Waals surface area contributed by atoms with Gasteiger partial charge in [0.05, 0.1) is 10.9 Å². The van der Waals surface area contributed by atoms with Crippen molar-refractivity contribution in [2.24, 2.45) is 0 Å². The summed E-state index contributed by atoms with van der Waals surface area (Å²) in [5.41, 5.74) is 6.30. The molecule has 0 fully saturated rings. The van der Waals surface area contributed by atoms with Crippen molar-refractivity contribution < 1.29 is 8.42 Å². The zero-order chi connectivity index (χ0) is 20.9. The Labute approximate surface area is 177 Å². The standard InChI is InChI=1S/C25H24N2O2S/c1-17-10-12-19(13-11-17)25-24-22(21-8-3-4-9-23(21)26-24)14-15-27(25)30(28,29)20-7-5-6-18(2)16-20/h3-13,16,25-26H,14-15H2,1-2H3/t25-/m0/s1. The van der Waals surface area contributed by atoms with Gasteiger partial charge in [-0.2, -0.15) is 4.31 Å². The number of aryl methyl sites for hydroxylation is 2. The van der Waals surface area contributed by atoms with Crippen LogP contribution in [0.4, 0.5) is 0 Å². The van der Waals surface area contributed by atoms with Crippen LogP contribution in [0.15, 0.2) is 77.7 Å². The van der Waals surface area contributed by atoms with Crippen LogP contribution in [0.3, 0.4) is 0 Å². The SMILES string of the molecule is Cc1ccc([C@H]2c3[nH]c4ccccc4c3CCN2S(=O)(=O)c2cccc(C)c2)cc1. The van der Waals surface area contributed by atoms with Crippen LogP contribution >= 0.6 is 0 Å². The third-order valence-corrected chi connectivity index (χ3v) is 7.84. The molecule has 4 aromatic rings. The fourth-order valence-electron chi connectivity index (χ4n) is 4.47. The number of nitrogens with zero attached hydrogens (tertiary/aromatic N) is 1. The van der Waals surface area contributed by atoms with Gasteiger partial charge in [-0.25, -0.2) is 8.42 Å². The number of nitrogens with one attached hydrogen (secondary N) is 1. The molecular weight excluding hydrogens is 392 g/mol. The molecule has 30 heavy (non-hydrogen) atoms. The second-order valence-electron chi connectivity index (χ2n) is 8.06. The van der Waals surface area contributed by atoms with Crippen molar-refractivity contribution in [1.29, 1.82) is 0 Å². The van der Waals surface area contributed by atoms with Crippen molar-refractivity contribution in [3.63, 3.8) is 0 Å². The van der Waals surface area contributed by atoms with Gasteiger partial charge in [0.15, 0.2) is 0 Å². The zero-order valence-corrected chi connectivity index (χ0v) is 17.9. The van der Waals surface area contributed by atoms with Crippen molar-refractivity contribution in [1.82, 2.24) is 9.29 Å². The molecule has 5 heteroatoms. The summed E-state index contributed by atoms with van der Waals surface area (Å²) in [6, 6.07) is 23.2. The molecule has 5 rings (SSSR count). The minimum atomic E-state index is -3.66. The highest BCUT2D eigenvalue weighted by Crippen LogP contribution is 2.41. The van der Waals surface area contributed by atoms with E-state index in [9.17, 15) is 8.42 Å². The van der Waals surface area contributed by atoms with Crippen molar-refractivity contribution >= 4 is 20.9 Å². The summed E-state index contributed by atoms with van der Waals surface area (Å²) in [5, 5.41) is 1.18. The number of aromatic nitrogens is 1. The quantitative estimate of drug-likeness (QED) is 0.504. The molecule has 0 unspecified atom stereocenters. The molecule has 152 valence electrons. The highest BCUT2D eigenvalue weighted by molar-refractivity contribution is 7.89. The van der Waals surface area contributed by atoms with Gasteiger partial charge in [-0.05, 0) is 55.2 Å². The normalized spacial score (nSPS) is 17.2. The van der Waals surface area contributed by atoms with E-state index in [1.165, 1.54) is 10.9 Å². The number of aromatic amines is 1. The third-order valence-electron chi connectivity index (χ3n) is 5.98. The molecule has 3 aromatic carbocycles. The Morgan fingerprint density at radius 3 is 2.43 bits per heavy atom. The minimum Gasteiger partial charge on any atom is -0.357 e. The molecule has 1 aromatic heterocycles. The average Bonchev–Trinajstić information content (AvgIpc) is 3.12. The van der Waals surface area contributed by atoms with E-state index in [0.29, 0.717) is 17.9 Å². The number of hydrogen-bond donors (Lipinski definition) is 1. The first-order valence-electron chi connectivity index (χ1n) is 10.2. The zero-order valence-electron chi connectivity index (χ0n) is 17.1. The number of rotatable bonds is 3. The van der Waals surface area contributed by atoms with Crippen LogP contribution in [0.25, 0.3) is 10.9 Å². The number of para-hydroxylation sites is 1. The fraction of sp³-hybridized carbons (Fsp3) is 0.200. The van der Waals surface area contributed by atoms with Gasteiger partial charge in [0.1, 0.15) is 0 Å². The Hall–Kier alpha value is -2.89. The average molecular weight is 417 g/mol. The van der Waals surface area contributed by atoms with Crippen LogP contribution in [0.1, 0.15) is 34.0 Å². The predicted octanol–water partition coefficient (Wildman–Crippen LogP) is 5.12. The van der Waals surface area contributed by atoms with Gasteiger partial charge in [0, 0.05) is 23.1 Å². The second-order valence-corrected chi connectivity index (χ2v) is 9.95. The van der Waals surface area contributed by atoms with Gasteiger partial charge in [-0.15, -0.1) is 0 Å². The highest BCUT2D eigenvalue weighted by atomic mass is 32.2. The first-order chi connectivity index (χ1) is 14.4. The van der Waals surface area contributed by atoms with Crippen molar-refractivity contribution in [2.75, 3.05) is 6.54 Å². The van der Waals surface area contributed by atoms with E-state index in [4.69, 9.17) is 0 Å². The number of fused-ring (bicyclic) bond motifs is 3. The Morgan fingerprint density at radius 2 is 1.67 bits per heavy atom. The number of hydrogen-bond acceptors (Lipinski definition) is 2. The van der Waals surface area contributed by atoms with Crippen LogP contribution < -0.4 is 0 Å². The summed E-state index contributed by atoms with van der Waals surface area (Å²) in [6.45, 7) is 4.41. The Balaban J connectivity index is 1.72. The molecule has 4 nitrogen and oxygen atoms in total. The molecule has 0 bridgehead atoms. The summed E-state index contributed by atoms with van der Waals surface area (Å²) in [7, 11) is -3.66. The first-order valence-corrected chi connectivity index (χ1v) is 11.6. The molecule has 0 amide bonds. The van der Waals surface area contributed by atoms with Gasteiger partial charge in [-0.3, -0.25) is 0 Å². The lowest BCUT2D eigenvalue weighted by Crippen LogP contribution is -2.40. The molecule has 0 saturated heterocycles. The Morgan fingerprint density at radius 1 is 0.900 bits per heavy atom. The van der Waals surface area contributed by atoms with Crippen molar-refractivity contribution in [3.05, 3.63) is 101 Å². The maximum absolute atomic E-state index is 13.7. The molecule has 1 aliphatic rings. The topological polar surface area (TPSA) is 53.2 Å². The maximum atomic E-state index is 13.7. The van der Waals surface area contributed by atoms with E-state index in [-0.39, 0.29) is 6.04 Å². The van der Waals surface area contributed by atoms with E-state index in [2.05, 4.69) is 17.1 Å². The highest BCUT2D eigenvalue weighted by Gasteiger charge is 2.39. The summed E-state index contributed by atoms with van der Waals surface area (Å²) >= 11 is 0. The Kier molecular flexibility index (Phi) is 4.53. The lowest BCUT2D eigenvalue weighted by atomic mass is 9.94. The lowest BCUT2D eigenvalue weighted by molar-refractivity contribution is 0.340. The molecule has 0 saturated carbocycles. The van der Waals surface area contributed by atoms with Crippen LogP contribution in [0, 0.1) is 13.8 Å². The molecule has 0 radical (unpaired) electrons. The smallest absolute Gasteiger partial charge is 0.244 e. The van der Waals surface area contributed by atoms with Gasteiger partial charge in [-0.1, -0.05) is 60.2 Å². The summed E-state index contributed by atoms with van der Waals surface area (Å²) in [4.78, 5) is 3.88. The summed E-state index contributed by atoms with van der Waals surface area (Å²) < 4.78 is 29.1. The van der Waals surface area contributed by atoms with E-state index >= 15 is 0 Å². The van der Waals surface area contributed by atoms with E-state index in [1.54, 1.807) is 22.5 Å². The number of sulfonamides is 1. The predicted molar refractivity (Wildman–Crippen MR) is 120 cm³/mol. The third kappa shape index (κ3) is 3.06. The second kappa shape index (κ2) is 7.11. The number of H-pyrrole nitrogens is 1. The van der Waals surface area contributed by atoms with E-state index < -0.39 is 10.0 Å². The minimum absolute atomic E-state index is 0.346.